The minimum absolute atomic E-state index is 0.0168. The van der Waals surface area contributed by atoms with Crippen LogP contribution in [-0.4, -0.2) is 70.4 Å². The van der Waals surface area contributed by atoms with Crippen molar-refractivity contribution in [1.82, 2.24) is 4.72 Å². The van der Waals surface area contributed by atoms with Crippen LogP contribution in [0.5, 0.6) is 0 Å². The van der Waals surface area contributed by atoms with Gasteiger partial charge in [-0.3, -0.25) is 0 Å². The van der Waals surface area contributed by atoms with Crippen LogP contribution in [0.2, 0.25) is 54.4 Å². The Hall–Kier alpha value is -0.379. The van der Waals surface area contributed by atoms with Crippen molar-refractivity contribution in [2.45, 2.75) is 237 Å². The van der Waals surface area contributed by atoms with Crippen molar-refractivity contribution in [1.29, 1.82) is 0 Å². The molecular formula is C44H87NO6SSi3. The van der Waals surface area contributed by atoms with Gasteiger partial charge in [-0.05, 0) is 98.6 Å². The Labute approximate surface area is 344 Å². The number of aryl methyl sites for hydroxylation is 1. The van der Waals surface area contributed by atoms with Crippen molar-refractivity contribution in [3.8, 4) is 0 Å². The smallest absolute Gasteiger partial charge is 0.240 e. The quantitative estimate of drug-likeness (QED) is 0.0634. The van der Waals surface area contributed by atoms with E-state index in [2.05, 4.69) is 120 Å². The number of rotatable bonds is 24. The highest BCUT2D eigenvalue weighted by Crippen LogP contribution is 2.43. The van der Waals surface area contributed by atoms with E-state index in [-0.39, 0.29) is 38.8 Å². The zero-order valence-electron chi connectivity index (χ0n) is 38.9. The second-order valence-corrected chi connectivity index (χ2v) is 37.8. The van der Waals surface area contributed by atoms with Gasteiger partial charge < -0.3 is 18.0 Å². The molecule has 0 unspecified atom stereocenters. The Morgan fingerprint density at radius 3 is 1.67 bits per heavy atom. The number of nitrogens with one attached hydrogen (secondary N) is 1. The topological polar surface area (TPSA) is 86.4 Å². The number of hydrogen-bond acceptors (Lipinski definition) is 6. The van der Waals surface area contributed by atoms with Crippen LogP contribution in [-0.2, 0) is 28.0 Å². The summed E-state index contributed by atoms with van der Waals surface area (Å²) in [5.74, 6) is 0.656. The molecule has 5 atom stereocenters. The van der Waals surface area contributed by atoms with Crippen LogP contribution < -0.4 is 4.72 Å². The highest BCUT2D eigenvalue weighted by atomic mass is 32.2. The summed E-state index contributed by atoms with van der Waals surface area (Å²) in [6.45, 7) is 40.8. The van der Waals surface area contributed by atoms with Gasteiger partial charge in [-0.25, -0.2) is 13.1 Å². The van der Waals surface area contributed by atoms with E-state index >= 15 is 0 Å². The van der Waals surface area contributed by atoms with Gasteiger partial charge in [0.2, 0.25) is 10.0 Å². The van der Waals surface area contributed by atoms with E-state index in [9.17, 15) is 8.42 Å². The lowest BCUT2D eigenvalue weighted by atomic mass is 10.00. The Bertz CT molecular complexity index is 1390. The first kappa shape index (κ1) is 50.8. The van der Waals surface area contributed by atoms with E-state index in [0.717, 1.165) is 24.8 Å². The number of benzene rings is 1. The van der Waals surface area contributed by atoms with E-state index in [0.29, 0.717) is 12.0 Å². The third-order valence-electron chi connectivity index (χ3n) is 13.2. The first-order valence-corrected chi connectivity index (χ1v) is 31.8. The molecular weight excluding hydrogens is 755 g/mol. The lowest BCUT2D eigenvalue weighted by Crippen LogP contribution is -2.57. The Balaban J connectivity index is 2.07. The van der Waals surface area contributed by atoms with Crippen LogP contribution in [0.1, 0.15) is 146 Å². The summed E-state index contributed by atoms with van der Waals surface area (Å²) < 4.78 is 58.1. The summed E-state index contributed by atoms with van der Waals surface area (Å²) in [6, 6.07) is 6.45. The normalized spacial score (nSPS) is 19.5. The molecule has 2 rings (SSSR count). The van der Waals surface area contributed by atoms with Gasteiger partial charge >= 0.3 is 0 Å². The summed E-state index contributed by atoms with van der Waals surface area (Å²) in [4.78, 5) is 0.254. The summed E-state index contributed by atoms with van der Waals surface area (Å²) in [6.07, 6.45) is 11.7. The third-order valence-corrected chi connectivity index (χ3v) is 28.2. The molecule has 1 saturated heterocycles. The Morgan fingerprint density at radius 1 is 0.709 bits per heavy atom. The van der Waals surface area contributed by atoms with Crippen LogP contribution in [0.15, 0.2) is 29.2 Å². The fourth-order valence-electron chi connectivity index (χ4n) is 6.21. The summed E-state index contributed by atoms with van der Waals surface area (Å²) in [5, 5.41) is 0.174. The van der Waals surface area contributed by atoms with Gasteiger partial charge in [0.25, 0.3) is 0 Å². The predicted octanol–water partition coefficient (Wildman–Crippen LogP) is 12.8. The number of ether oxygens (including phenoxy) is 1. The van der Waals surface area contributed by atoms with Gasteiger partial charge in [0, 0.05) is 6.10 Å². The van der Waals surface area contributed by atoms with E-state index < -0.39 is 47.1 Å². The van der Waals surface area contributed by atoms with Gasteiger partial charge in [-0.15, -0.1) is 0 Å². The molecule has 1 aromatic rings. The molecule has 0 saturated carbocycles. The van der Waals surface area contributed by atoms with Crippen molar-refractivity contribution < 1.29 is 26.4 Å². The van der Waals surface area contributed by atoms with Crippen molar-refractivity contribution in [3.05, 3.63) is 29.8 Å². The molecule has 11 heteroatoms. The number of unbranched alkanes of at least 4 members (excludes halogenated alkanes) is 6. The average Bonchev–Trinajstić information content (AvgIpc) is 3.78. The highest BCUT2D eigenvalue weighted by molar-refractivity contribution is 7.89. The maximum atomic E-state index is 13.9. The second-order valence-electron chi connectivity index (χ2n) is 21.8. The molecule has 55 heavy (non-hydrogen) atoms. The van der Waals surface area contributed by atoms with Gasteiger partial charge in [0.15, 0.2) is 25.0 Å². The van der Waals surface area contributed by atoms with Gasteiger partial charge in [-0.2, -0.15) is 0 Å². The third kappa shape index (κ3) is 16.3. The molecule has 1 aliphatic rings. The lowest BCUT2D eigenvalue weighted by Gasteiger charge is -2.42. The molecule has 1 N–H and O–H groups in total. The second kappa shape index (κ2) is 20.3. The van der Waals surface area contributed by atoms with E-state index in [1.807, 2.05) is 19.1 Å². The zero-order chi connectivity index (χ0) is 42.3. The fraction of sp³-hybridized carbons (Fsp3) is 0.864. The standard InChI is InChI=1S/C44H87NO6SSi3/c1-34(2)32-36(50-54(15,16)43(7,8)9)26-24-22-20-19-21-23-25-27-39-41(49-39)40(51-55(17,18)44(10,11)12)38(33-48-53(13,14)42(4,5)6)45-52(46,47)37-30-28-35(3)29-31-37/h28-31,34,36,38-41,45H,19-27,32-33H2,1-18H3/t36-,38-,39-,40-,41+/m0/s1. The number of sulfonamides is 1. The molecule has 0 spiro atoms. The monoisotopic (exact) mass is 842 g/mol. The molecule has 0 amide bonds. The van der Waals surface area contributed by atoms with E-state index in [1.165, 1.54) is 44.9 Å². The van der Waals surface area contributed by atoms with Crippen LogP contribution >= 0.6 is 0 Å². The van der Waals surface area contributed by atoms with Gasteiger partial charge in [0.1, 0.15) is 6.10 Å². The van der Waals surface area contributed by atoms with Crippen molar-refractivity contribution >= 4 is 35.0 Å². The summed E-state index contributed by atoms with van der Waals surface area (Å²) >= 11 is 0. The first-order valence-electron chi connectivity index (χ1n) is 21.6. The van der Waals surface area contributed by atoms with Crippen LogP contribution in [0.25, 0.3) is 0 Å². The fourth-order valence-corrected chi connectivity index (χ4v) is 11.2. The molecule has 1 aromatic carbocycles. The molecule has 7 nitrogen and oxygen atoms in total. The minimum Gasteiger partial charge on any atom is -0.415 e. The molecule has 0 aromatic heterocycles. The largest absolute Gasteiger partial charge is 0.415 e. The maximum absolute atomic E-state index is 13.9. The van der Waals surface area contributed by atoms with Gasteiger partial charge in [0.05, 0.1) is 29.8 Å². The Kier molecular flexibility index (Phi) is 18.7. The maximum Gasteiger partial charge on any atom is 0.240 e. The molecule has 322 valence electrons. The molecule has 0 bridgehead atoms. The highest BCUT2D eigenvalue weighted by Gasteiger charge is 2.53. The SMILES string of the molecule is Cc1ccc(S(=O)(=O)N[C@@H](CO[Si](C)(C)C(C)(C)C)[C@H](O[Si](C)(C)C(C)(C)C)[C@@H]2O[C@H]2CCCCCCCCC[C@@H](CC(C)C)O[Si](C)(C)C(C)(C)C)cc1. The summed E-state index contributed by atoms with van der Waals surface area (Å²) in [7, 11) is -10.1. The first-order chi connectivity index (χ1) is 24.9. The number of epoxide rings is 1. The molecule has 1 fully saturated rings. The molecule has 0 aliphatic carbocycles. The zero-order valence-corrected chi connectivity index (χ0v) is 42.7. The summed E-state index contributed by atoms with van der Waals surface area (Å²) in [5.41, 5.74) is 1.02. The van der Waals surface area contributed by atoms with Crippen LogP contribution in [0.4, 0.5) is 0 Å². The average molecular weight is 843 g/mol. The molecule has 1 heterocycles. The van der Waals surface area contributed by atoms with E-state index in [1.54, 1.807) is 12.1 Å². The van der Waals surface area contributed by atoms with Gasteiger partial charge in [-0.1, -0.05) is 139 Å². The van der Waals surface area contributed by atoms with Crippen LogP contribution in [0, 0.1) is 12.8 Å². The van der Waals surface area contributed by atoms with Crippen molar-refractivity contribution in [3.63, 3.8) is 0 Å². The van der Waals surface area contributed by atoms with E-state index in [4.69, 9.17) is 18.0 Å². The van der Waals surface area contributed by atoms with Crippen molar-refractivity contribution in [2.24, 2.45) is 5.92 Å². The number of hydrogen-bond donors (Lipinski definition) is 1. The van der Waals surface area contributed by atoms with Crippen LogP contribution in [0.3, 0.4) is 0 Å². The molecule has 1 aliphatic heterocycles. The molecule has 0 radical (unpaired) electrons. The predicted molar refractivity (Wildman–Crippen MR) is 242 cm³/mol. The minimum atomic E-state index is -3.84. The Morgan fingerprint density at radius 2 is 1.18 bits per heavy atom. The van der Waals surface area contributed by atoms with Crippen molar-refractivity contribution in [2.75, 3.05) is 6.61 Å². The lowest BCUT2D eigenvalue weighted by molar-refractivity contribution is 0.0857.